The minimum Gasteiger partial charge on any atom is -0.480 e. The fourth-order valence-corrected chi connectivity index (χ4v) is 3.07. The number of pyridine rings is 1. The Morgan fingerprint density at radius 2 is 1.70 bits per heavy atom. The van der Waals surface area contributed by atoms with E-state index < -0.39 is 17.6 Å². The maximum Gasteiger partial charge on any atom is 0.234 e. The van der Waals surface area contributed by atoms with Gasteiger partial charge in [-0.15, -0.1) is 0 Å². The number of carbonyl (C=O) groups excluding carboxylic acids is 1. The van der Waals surface area contributed by atoms with Gasteiger partial charge in [0, 0.05) is 11.1 Å². The molecule has 1 N–H and O–H groups in total. The van der Waals surface area contributed by atoms with Crippen LogP contribution in [-0.4, -0.2) is 18.0 Å². The number of rotatable bonds is 5. The van der Waals surface area contributed by atoms with Gasteiger partial charge in [0.1, 0.15) is 29.1 Å². The quantitative estimate of drug-likeness (QED) is 0.685. The van der Waals surface area contributed by atoms with Gasteiger partial charge in [-0.3, -0.25) is 4.79 Å². The predicted octanol–water partition coefficient (Wildman–Crippen LogP) is 4.38. The lowest BCUT2D eigenvalue weighted by molar-refractivity contribution is -0.117. The highest BCUT2D eigenvalue weighted by Gasteiger charge is 2.26. The van der Waals surface area contributed by atoms with Crippen molar-refractivity contribution in [3.8, 4) is 29.1 Å². The molecule has 0 saturated heterocycles. The zero-order chi connectivity index (χ0) is 21.7. The Bertz CT molecular complexity index is 1180. The molecular formula is C23H17FN4O2. The van der Waals surface area contributed by atoms with Gasteiger partial charge in [0.2, 0.25) is 11.8 Å². The van der Waals surface area contributed by atoms with Crippen LogP contribution in [0.25, 0.3) is 11.1 Å². The number of carbonyl (C=O) groups is 1. The van der Waals surface area contributed by atoms with Crippen LogP contribution in [0.3, 0.4) is 0 Å². The third-order valence-corrected chi connectivity index (χ3v) is 4.66. The summed E-state index contributed by atoms with van der Waals surface area (Å²) in [5.74, 6) is -1.76. The summed E-state index contributed by atoms with van der Waals surface area (Å²) >= 11 is 0. The number of amides is 1. The van der Waals surface area contributed by atoms with Gasteiger partial charge < -0.3 is 10.1 Å². The molecule has 0 saturated carbocycles. The van der Waals surface area contributed by atoms with E-state index in [1.54, 1.807) is 13.0 Å². The summed E-state index contributed by atoms with van der Waals surface area (Å²) < 4.78 is 19.7. The fourth-order valence-electron chi connectivity index (χ4n) is 3.07. The van der Waals surface area contributed by atoms with Crippen LogP contribution in [0.2, 0.25) is 0 Å². The number of hydrogen-bond donors (Lipinski definition) is 1. The van der Waals surface area contributed by atoms with E-state index >= 15 is 0 Å². The van der Waals surface area contributed by atoms with Gasteiger partial charge >= 0.3 is 0 Å². The van der Waals surface area contributed by atoms with Crippen LogP contribution in [-0.2, 0) is 4.79 Å². The summed E-state index contributed by atoms with van der Waals surface area (Å²) in [4.78, 5) is 17.0. The summed E-state index contributed by atoms with van der Waals surface area (Å²) in [6.45, 7) is 1.72. The van der Waals surface area contributed by atoms with Crippen molar-refractivity contribution in [2.45, 2.75) is 12.8 Å². The second-order valence-electron chi connectivity index (χ2n) is 6.42. The van der Waals surface area contributed by atoms with Gasteiger partial charge in [-0.2, -0.15) is 15.5 Å². The van der Waals surface area contributed by atoms with E-state index in [9.17, 15) is 19.7 Å². The highest BCUT2D eigenvalue weighted by molar-refractivity contribution is 5.97. The van der Waals surface area contributed by atoms with Crippen molar-refractivity contribution in [1.82, 2.24) is 4.98 Å². The molecule has 3 rings (SSSR count). The summed E-state index contributed by atoms with van der Waals surface area (Å²) in [6, 6.07) is 18.7. The number of ether oxygens (including phenoxy) is 1. The van der Waals surface area contributed by atoms with E-state index in [0.29, 0.717) is 0 Å². The Kier molecular flexibility index (Phi) is 6.05. The topological polar surface area (TPSA) is 98.8 Å². The zero-order valence-corrected chi connectivity index (χ0v) is 16.3. The van der Waals surface area contributed by atoms with E-state index in [4.69, 9.17) is 4.74 Å². The average Bonchev–Trinajstić information content (AvgIpc) is 2.78. The number of nitrogens with zero attached hydrogens (tertiary/aromatic N) is 3. The fraction of sp³-hybridized carbons (Fsp3) is 0.130. The van der Waals surface area contributed by atoms with Crippen molar-refractivity contribution in [1.29, 1.82) is 10.5 Å². The standard InChI is InChI=1S/C23H17FN4O2/c1-14(15-8-4-3-5-9-15)22(29)27-21-17(12-25)20(16-10-6-7-11-19(16)24)18(13-26)23(28-21)30-2/h3-11,14H,1-2H3,(H,27,28,29)/t14-/m1/s1. The largest absolute Gasteiger partial charge is 0.480 e. The normalized spacial score (nSPS) is 11.1. The van der Waals surface area contributed by atoms with Crippen molar-refractivity contribution in [3.63, 3.8) is 0 Å². The predicted molar refractivity (Wildman–Crippen MR) is 109 cm³/mol. The molecule has 0 aliphatic carbocycles. The highest BCUT2D eigenvalue weighted by atomic mass is 19.1. The van der Waals surface area contributed by atoms with Gasteiger partial charge in [0.05, 0.1) is 13.0 Å². The molecule has 7 heteroatoms. The maximum absolute atomic E-state index is 14.5. The molecule has 30 heavy (non-hydrogen) atoms. The second kappa shape index (κ2) is 8.85. The zero-order valence-electron chi connectivity index (χ0n) is 16.3. The van der Waals surface area contributed by atoms with E-state index in [0.717, 1.165) is 5.56 Å². The van der Waals surface area contributed by atoms with Crippen LogP contribution in [0.15, 0.2) is 54.6 Å². The molecule has 0 aliphatic rings. The van der Waals surface area contributed by atoms with Gasteiger partial charge in [-0.1, -0.05) is 48.5 Å². The molecule has 2 aromatic carbocycles. The second-order valence-corrected chi connectivity index (χ2v) is 6.42. The lowest BCUT2D eigenvalue weighted by Crippen LogP contribution is -2.21. The number of halogens is 1. The molecule has 6 nitrogen and oxygen atoms in total. The molecule has 0 aliphatic heterocycles. The summed E-state index contributed by atoms with van der Waals surface area (Å²) in [5, 5.41) is 22.0. The molecule has 1 aromatic heterocycles. The maximum atomic E-state index is 14.5. The Morgan fingerprint density at radius 1 is 1.07 bits per heavy atom. The van der Waals surface area contributed by atoms with Crippen molar-refractivity contribution in [3.05, 3.63) is 77.1 Å². The van der Waals surface area contributed by atoms with Crippen LogP contribution in [0.4, 0.5) is 10.2 Å². The minimum atomic E-state index is -0.617. The van der Waals surface area contributed by atoms with Crippen molar-refractivity contribution < 1.29 is 13.9 Å². The van der Waals surface area contributed by atoms with Crippen LogP contribution in [0.5, 0.6) is 5.88 Å². The van der Waals surface area contributed by atoms with Gasteiger partial charge in [0.15, 0.2) is 5.82 Å². The van der Waals surface area contributed by atoms with E-state index in [1.807, 2.05) is 42.5 Å². The monoisotopic (exact) mass is 400 g/mol. The first-order valence-electron chi connectivity index (χ1n) is 9.04. The smallest absolute Gasteiger partial charge is 0.234 e. The number of benzene rings is 2. The summed E-state index contributed by atoms with van der Waals surface area (Å²) in [7, 11) is 1.30. The van der Waals surface area contributed by atoms with E-state index in [2.05, 4.69) is 10.3 Å². The third-order valence-electron chi connectivity index (χ3n) is 4.66. The molecule has 0 fully saturated rings. The molecule has 0 spiro atoms. The number of methoxy groups -OCH3 is 1. The summed E-state index contributed by atoms with van der Waals surface area (Å²) in [5.41, 5.74) is 0.633. The number of hydrogen-bond acceptors (Lipinski definition) is 5. The van der Waals surface area contributed by atoms with Crippen LogP contribution in [0.1, 0.15) is 29.5 Å². The molecule has 148 valence electrons. The first-order chi connectivity index (χ1) is 14.5. The van der Waals surface area contributed by atoms with E-state index in [1.165, 1.54) is 25.3 Å². The summed E-state index contributed by atoms with van der Waals surface area (Å²) in [6.07, 6.45) is 0. The number of aromatic nitrogens is 1. The van der Waals surface area contributed by atoms with Crippen molar-refractivity contribution in [2.24, 2.45) is 0 Å². The SMILES string of the molecule is COc1nc(NC(=O)[C@H](C)c2ccccc2)c(C#N)c(-c2ccccc2F)c1C#N. The molecule has 1 atom stereocenters. The Labute approximate surface area is 173 Å². The first-order valence-corrected chi connectivity index (χ1v) is 9.04. The molecule has 0 unspecified atom stereocenters. The minimum absolute atomic E-state index is 0.0209. The van der Waals surface area contributed by atoms with Crippen LogP contribution in [0, 0.1) is 28.5 Å². The molecule has 0 bridgehead atoms. The van der Waals surface area contributed by atoms with Crippen LogP contribution < -0.4 is 10.1 Å². The molecule has 0 radical (unpaired) electrons. The Morgan fingerprint density at radius 3 is 2.30 bits per heavy atom. The average molecular weight is 400 g/mol. The van der Waals surface area contributed by atoms with E-state index in [-0.39, 0.29) is 34.0 Å². The Balaban J connectivity index is 2.15. The molecular weight excluding hydrogens is 383 g/mol. The lowest BCUT2D eigenvalue weighted by Gasteiger charge is -2.17. The van der Waals surface area contributed by atoms with Crippen molar-refractivity contribution in [2.75, 3.05) is 12.4 Å². The highest BCUT2D eigenvalue weighted by Crippen LogP contribution is 2.37. The molecule has 3 aromatic rings. The number of nitriles is 2. The Hall–Kier alpha value is -4.23. The van der Waals surface area contributed by atoms with Crippen LogP contribution >= 0.6 is 0 Å². The number of nitrogens with one attached hydrogen (secondary N) is 1. The lowest BCUT2D eigenvalue weighted by atomic mass is 9.95. The van der Waals surface area contributed by atoms with Crippen molar-refractivity contribution >= 4 is 11.7 Å². The van der Waals surface area contributed by atoms with Gasteiger partial charge in [-0.25, -0.2) is 4.39 Å². The number of anilines is 1. The third kappa shape index (κ3) is 3.82. The molecule has 1 heterocycles. The van der Waals surface area contributed by atoms with Gasteiger partial charge in [0.25, 0.3) is 0 Å². The first kappa shape index (κ1) is 20.5. The van der Waals surface area contributed by atoms with Gasteiger partial charge in [-0.05, 0) is 18.6 Å². The molecule has 1 amide bonds.